The van der Waals surface area contributed by atoms with Gasteiger partial charge in [0.05, 0.1) is 11.0 Å². The van der Waals surface area contributed by atoms with E-state index >= 15 is 0 Å². The summed E-state index contributed by atoms with van der Waals surface area (Å²) in [7, 11) is 0. The van der Waals surface area contributed by atoms with Crippen LogP contribution in [0.2, 0.25) is 0 Å². The molecule has 4 heterocycles. The van der Waals surface area contributed by atoms with Crippen molar-refractivity contribution >= 4 is 65.8 Å². The Kier molecular flexibility index (Phi) is 5.89. The molecule has 5 heteroatoms. The highest BCUT2D eigenvalue weighted by Crippen LogP contribution is 2.42. The van der Waals surface area contributed by atoms with Crippen LogP contribution in [0.1, 0.15) is 0 Å². The summed E-state index contributed by atoms with van der Waals surface area (Å²) in [5.74, 6) is 0.669. The third-order valence-electron chi connectivity index (χ3n) is 10.0. The molecule has 0 unspecified atom stereocenters. The number of hydrogen-bond donors (Lipinski definition) is 0. The summed E-state index contributed by atoms with van der Waals surface area (Å²) in [5, 5.41) is 5.64. The maximum Gasteiger partial charge on any atom is 0.180 e. The second-order valence-electron chi connectivity index (χ2n) is 13.0. The van der Waals surface area contributed by atoms with Crippen molar-refractivity contribution in [2.75, 3.05) is 0 Å². The fraction of sp³-hybridized carbons (Fsp3) is 0. The van der Waals surface area contributed by atoms with Crippen LogP contribution in [-0.2, 0) is 0 Å². The van der Waals surface area contributed by atoms with Crippen LogP contribution in [-0.4, -0.2) is 14.5 Å². The van der Waals surface area contributed by atoms with Gasteiger partial charge in [-0.2, -0.15) is 0 Å². The van der Waals surface area contributed by atoms with Crippen molar-refractivity contribution < 1.29 is 8.83 Å². The van der Waals surface area contributed by atoms with Gasteiger partial charge in [-0.25, -0.2) is 9.97 Å². The van der Waals surface area contributed by atoms with E-state index in [4.69, 9.17) is 18.8 Å². The van der Waals surface area contributed by atoms with Gasteiger partial charge in [0.2, 0.25) is 0 Å². The third-order valence-corrected chi connectivity index (χ3v) is 10.0. The molecule has 0 amide bonds. The molecular formula is C46H27N3O2. The minimum atomic E-state index is 0.669. The zero-order valence-electron chi connectivity index (χ0n) is 27.2. The lowest BCUT2D eigenvalue weighted by Gasteiger charge is -2.10. The number of hydrogen-bond acceptors (Lipinski definition) is 4. The monoisotopic (exact) mass is 653 g/mol. The largest absolute Gasteiger partial charge is 0.456 e. The van der Waals surface area contributed by atoms with Gasteiger partial charge in [0.25, 0.3) is 0 Å². The van der Waals surface area contributed by atoms with Crippen LogP contribution in [0.5, 0.6) is 0 Å². The molecule has 0 aliphatic rings. The van der Waals surface area contributed by atoms with E-state index in [1.807, 2.05) is 60.7 Å². The molecule has 0 spiro atoms. The SMILES string of the molecule is c1ccc(-c2nc(-c3ccccc3)c3oc4ccc(-c5cccc(-n6c7ccccc7c7c8c(ccc76)oc6ccccc68)c5)cc4c3n2)cc1. The Morgan fingerprint density at radius 2 is 1.10 bits per heavy atom. The lowest BCUT2D eigenvalue weighted by atomic mass is 10.0. The molecule has 0 bridgehead atoms. The molecule has 0 fully saturated rings. The van der Waals surface area contributed by atoms with Crippen LogP contribution in [0, 0.1) is 0 Å². The highest BCUT2D eigenvalue weighted by Gasteiger charge is 2.21. The number of para-hydroxylation sites is 2. The molecule has 0 radical (unpaired) electrons. The Labute approximate surface area is 291 Å². The van der Waals surface area contributed by atoms with Crippen molar-refractivity contribution in [2.45, 2.75) is 0 Å². The van der Waals surface area contributed by atoms with E-state index in [1.54, 1.807) is 0 Å². The molecule has 0 saturated carbocycles. The summed E-state index contributed by atoms with van der Waals surface area (Å²) in [4.78, 5) is 10.1. The molecule has 0 saturated heterocycles. The van der Waals surface area contributed by atoms with Crippen molar-refractivity contribution in [3.63, 3.8) is 0 Å². The molecule has 51 heavy (non-hydrogen) atoms. The Hall–Kier alpha value is -6.98. The van der Waals surface area contributed by atoms with Gasteiger partial charge in [0.15, 0.2) is 11.4 Å². The van der Waals surface area contributed by atoms with Crippen molar-refractivity contribution in [1.82, 2.24) is 14.5 Å². The number of benzene rings is 7. The molecular weight excluding hydrogens is 627 g/mol. The van der Waals surface area contributed by atoms with Crippen LogP contribution in [0.25, 0.3) is 105 Å². The molecule has 0 N–H and O–H groups in total. The number of aromatic nitrogens is 3. The second kappa shape index (κ2) is 10.8. The van der Waals surface area contributed by atoms with Gasteiger partial charge in [-0.05, 0) is 59.7 Å². The predicted molar refractivity (Wildman–Crippen MR) is 207 cm³/mol. The van der Waals surface area contributed by atoms with Gasteiger partial charge in [-0.3, -0.25) is 0 Å². The first kappa shape index (κ1) is 27.9. The van der Waals surface area contributed by atoms with Crippen LogP contribution in [0.3, 0.4) is 0 Å². The molecule has 0 aliphatic heterocycles. The van der Waals surface area contributed by atoms with Crippen molar-refractivity contribution in [1.29, 1.82) is 0 Å². The Morgan fingerprint density at radius 3 is 1.96 bits per heavy atom. The first-order chi connectivity index (χ1) is 25.3. The number of fused-ring (bicyclic) bond motifs is 10. The summed E-state index contributed by atoms with van der Waals surface area (Å²) in [6.45, 7) is 0. The number of nitrogens with zero attached hydrogens (tertiary/aromatic N) is 3. The van der Waals surface area contributed by atoms with Crippen molar-refractivity contribution in [2.24, 2.45) is 0 Å². The maximum absolute atomic E-state index is 6.52. The molecule has 5 nitrogen and oxygen atoms in total. The van der Waals surface area contributed by atoms with Gasteiger partial charge in [-0.15, -0.1) is 0 Å². The summed E-state index contributed by atoms with van der Waals surface area (Å²) in [6.07, 6.45) is 0. The molecule has 11 aromatic rings. The van der Waals surface area contributed by atoms with E-state index in [9.17, 15) is 0 Å². The first-order valence-corrected chi connectivity index (χ1v) is 17.1. The Bertz CT molecular complexity index is 3130. The zero-order chi connectivity index (χ0) is 33.5. The fourth-order valence-corrected chi connectivity index (χ4v) is 7.71. The lowest BCUT2D eigenvalue weighted by molar-refractivity contribution is 0.667. The van der Waals surface area contributed by atoms with Crippen molar-refractivity contribution in [3.8, 4) is 39.5 Å². The van der Waals surface area contributed by atoms with Gasteiger partial charge >= 0.3 is 0 Å². The average molecular weight is 654 g/mol. The van der Waals surface area contributed by atoms with E-state index in [1.165, 1.54) is 10.8 Å². The normalized spacial score (nSPS) is 11.9. The smallest absolute Gasteiger partial charge is 0.180 e. The Balaban J connectivity index is 1.12. The summed E-state index contributed by atoms with van der Waals surface area (Å²) in [6, 6.07) is 56.7. The van der Waals surface area contributed by atoms with E-state index < -0.39 is 0 Å². The standard InChI is InChI=1S/C46H27N3O2/c1-3-12-28(13-4-1)43-45-44(48-46(47-43)29-14-5-2-6-15-29)35-27-31(22-24-39(35)51-45)30-16-11-17-32(26-30)49-36-20-9-7-18-33(36)41-37(49)23-25-40-42(41)34-19-8-10-21-38(34)50-40/h1-27H. The highest BCUT2D eigenvalue weighted by atomic mass is 16.3. The topological polar surface area (TPSA) is 57.0 Å². The summed E-state index contributed by atoms with van der Waals surface area (Å²) < 4.78 is 15.2. The van der Waals surface area contributed by atoms with Gasteiger partial charge in [-0.1, -0.05) is 115 Å². The summed E-state index contributed by atoms with van der Waals surface area (Å²) in [5.41, 5.74) is 12.4. The third kappa shape index (κ3) is 4.22. The minimum absolute atomic E-state index is 0.669. The van der Waals surface area contributed by atoms with Gasteiger partial charge < -0.3 is 13.4 Å². The van der Waals surface area contributed by atoms with E-state index in [0.29, 0.717) is 11.4 Å². The molecule has 238 valence electrons. The van der Waals surface area contributed by atoms with E-state index in [-0.39, 0.29) is 0 Å². The van der Waals surface area contributed by atoms with Crippen LogP contribution < -0.4 is 0 Å². The number of rotatable bonds is 4. The van der Waals surface area contributed by atoms with Crippen LogP contribution >= 0.6 is 0 Å². The Morgan fingerprint density at radius 1 is 0.412 bits per heavy atom. The van der Waals surface area contributed by atoms with E-state index in [2.05, 4.69) is 108 Å². The van der Waals surface area contributed by atoms with Gasteiger partial charge in [0.1, 0.15) is 28.0 Å². The quantitative estimate of drug-likeness (QED) is 0.190. The van der Waals surface area contributed by atoms with Gasteiger partial charge in [0, 0.05) is 43.7 Å². The molecule has 0 aliphatic carbocycles. The maximum atomic E-state index is 6.52. The molecule has 4 aromatic heterocycles. The number of furan rings is 2. The molecule has 11 rings (SSSR count). The van der Waals surface area contributed by atoms with E-state index in [0.717, 1.165) is 83.1 Å². The molecule has 7 aromatic carbocycles. The zero-order valence-corrected chi connectivity index (χ0v) is 27.2. The van der Waals surface area contributed by atoms with Crippen LogP contribution in [0.15, 0.2) is 173 Å². The fourth-order valence-electron chi connectivity index (χ4n) is 7.71. The van der Waals surface area contributed by atoms with Crippen LogP contribution in [0.4, 0.5) is 0 Å². The lowest BCUT2D eigenvalue weighted by Crippen LogP contribution is -1.94. The minimum Gasteiger partial charge on any atom is -0.456 e. The average Bonchev–Trinajstić information content (AvgIpc) is 3.87. The summed E-state index contributed by atoms with van der Waals surface area (Å²) >= 11 is 0. The highest BCUT2D eigenvalue weighted by molar-refractivity contribution is 6.27. The molecule has 0 atom stereocenters. The second-order valence-corrected chi connectivity index (χ2v) is 13.0. The first-order valence-electron chi connectivity index (χ1n) is 17.1. The van der Waals surface area contributed by atoms with Crippen molar-refractivity contribution in [3.05, 3.63) is 164 Å². The predicted octanol–water partition coefficient (Wildman–Crippen LogP) is 12.4.